The Hall–Kier alpha value is -3.49. The molecule has 1 aromatic heterocycles. The summed E-state index contributed by atoms with van der Waals surface area (Å²) in [6.45, 7) is -0.281. The van der Waals surface area contributed by atoms with E-state index in [9.17, 15) is 24.1 Å². The summed E-state index contributed by atoms with van der Waals surface area (Å²) in [5.41, 5.74) is 1.87. The van der Waals surface area contributed by atoms with Gasteiger partial charge in [0.1, 0.15) is 12.4 Å². The first-order valence-electron chi connectivity index (χ1n) is 8.28. The number of halogens is 1. The number of amides is 1. The highest BCUT2D eigenvalue weighted by molar-refractivity contribution is 5.81. The lowest BCUT2D eigenvalue weighted by atomic mass is 10.1. The van der Waals surface area contributed by atoms with Crippen molar-refractivity contribution in [3.05, 3.63) is 74.0 Å². The molecular formula is C18H14FN3O5. The molecule has 1 heterocycles. The monoisotopic (exact) mass is 371 g/mol. The summed E-state index contributed by atoms with van der Waals surface area (Å²) in [7, 11) is 0. The number of non-ortho nitro benzene ring substituents is 1. The Bertz CT molecular complexity index is 1130. The molecule has 0 saturated heterocycles. The predicted molar refractivity (Wildman–Crippen MR) is 92.7 cm³/mol. The van der Waals surface area contributed by atoms with Crippen molar-refractivity contribution < 1.29 is 18.5 Å². The Morgan fingerprint density at radius 2 is 2.15 bits per heavy atom. The lowest BCUT2D eigenvalue weighted by Gasteiger charge is -2.14. The maximum absolute atomic E-state index is 13.3. The van der Waals surface area contributed by atoms with Crippen molar-refractivity contribution in [2.75, 3.05) is 0 Å². The van der Waals surface area contributed by atoms with Crippen LogP contribution in [-0.4, -0.2) is 15.4 Å². The molecule has 1 aliphatic carbocycles. The third kappa shape index (κ3) is 3.07. The van der Waals surface area contributed by atoms with Gasteiger partial charge in [-0.05, 0) is 42.2 Å². The Kier molecular flexibility index (Phi) is 3.98. The van der Waals surface area contributed by atoms with Crippen LogP contribution in [0.4, 0.5) is 10.1 Å². The van der Waals surface area contributed by atoms with E-state index in [1.807, 2.05) is 0 Å². The standard InChI is InChI=1S/C18H14FN3O5/c19-11-2-4-13-10(7-11)1-5-14(13)20-17(23)9-21-15-6-3-12(22(25)26)8-16(15)27-18(21)24/h2-4,6-8,14H,1,5,9H2,(H,20,23). The van der Waals surface area contributed by atoms with Gasteiger partial charge in [-0.25, -0.2) is 9.18 Å². The summed E-state index contributed by atoms with van der Waals surface area (Å²) in [6, 6.07) is 7.98. The van der Waals surface area contributed by atoms with Gasteiger partial charge in [0.05, 0.1) is 22.5 Å². The SMILES string of the molecule is O=C(Cn1c(=O)oc2cc([N+](=O)[O-])ccc21)NC1CCc2cc(F)ccc21. The molecule has 0 saturated carbocycles. The van der Waals surface area contributed by atoms with Gasteiger partial charge < -0.3 is 9.73 Å². The quantitative estimate of drug-likeness (QED) is 0.560. The van der Waals surface area contributed by atoms with E-state index in [0.717, 1.165) is 21.8 Å². The number of fused-ring (bicyclic) bond motifs is 2. The second kappa shape index (κ2) is 6.35. The van der Waals surface area contributed by atoms with Gasteiger partial charge >= 0.3 is 5.76 Å². The molecule has 0 spiro atoms. The zero-order valence-corrected chi connectivity index (χ0v) is 14.0. The van der Waals surface area contributed by atoms with Crippen LogP contribution in [0.3, 0.4) is 0 Å². The first-order valence-corrected chi connectivity index (χ1v) is 8.28. The number of carbonyl (C=O) groups excluding carboxylic acids is 1. The first kappa shape index (κ1) is 17.0. The van der Waals surface area contributed by atoms with Crippen LogP contribution in [0, 0.1) is 15.9 Å². The third-order valence-electron chi connectivity index (χ3n) is 4.68. The Morgan fingerprint density at radius 1 is 1.33 bits per heavy atom. The number of hydrogen-bond donors (Lipinski definition) is 1. The fourth-order valence-corrected chi connectivity index (χ4v) is 3.44. The lowest BCUT2D eigenvalue weighted by molar-refractivity contribution is -0.384. The number of nitrogens with zero attached hydrogens (tertiary/aromatic N) is 2. The molecule has 3 aromatic rings. The topological polar surface area (TPSA) is 107 Å². The third-order valence-corrected chi connectivity index (χ3v) is 4.68. The van der Waals surface area contributed by atoms with Crippen LogP contribution in [0.15, 0.2) is 45.6 Å². The van der Waals surface area contributed by atoms with E-state index < -0.39 is 16.6 Å². The van der Waals surface area contributed by atoms with Crippen molar-refractivity contribution >= 4 is 22.7 Å². The number of nitro groups is 1. The molecule has 1 atom stereocenters. The molecule has 4 rings (SSSR count). The van der Waals surface area contributed by atoms with Crippen LogP contribution in [-0.2, 0) is 17.8 Å². The van der Waals surface area contributed by atoms with Gasteiger partial charge in [-0.15, -0.1) is 0 Å². The average Bonchev–Trinajstić information content (AvgIpc) is 3.15. The van der Waals surface area contributed by atoms with Gasteiger partial charge in [-0.3, -0.25) is 19.5 Å². The highest BCUT2D eigenvalue weighted by Gasteiger charge is 2.25. The first-order chi connectivity index (χ1) is 12.9. The minimum absolute atomic E-state index is 0.0451. The van der Waals surface area contributed by atoms with E-state index in [0.29, 0.717) is 18.4 Å². The second-order valence-corrected chi connectivity index (χ2v) is 6.37. The van der Waals surface area contributed by atoms with E-state index >= 15 is 0 Å². The van der Waals surface area contributed by atoms with Gasteiger partial charge in [0, 0.05) is 6.07 Å². The molecule has 1 aliphatic rings. The highest BCUT2D eigenvalue weighted by atomic mass is 19.1. The molecule has 0 bridgehead atoms. The van der Waals surface area contributed by atoms with Gasteiger partial charge in [0.25, 0.3) is 5.69 Å². The number of benzene rings is 2. The smallest absolute Gasteiger partial charge is 0.407 e. The maximum Gasteiger partial charge on any atom is 0.420 e. The molecular weight excluding hydrogens is 357 g/mol. The zero-order valence-electron chi connectivity index (χ0n) is 14.0. The number of carbonyl (C=O) groups is 1. The summed E-state index contributed by atoms with van der Waals surface area (Å²) >= 11 is 0. The summed E-state index contributed by atoms with van der Waals surface area (Å²) in [4.78, 5) is 34.7. The molecule has 9 heteroatoms. The number of aromatic nitrogens is 1. The van der Waals surface area contributed by atoms with E-state index in [1.165, 1.54) is 24.3 Å². The maximum atomic E-state index is 13.3. The van der Waals surface area contributed by atoms with Crippen LogP contribution >= 0.6 is 0 Å². The molecule has 138 valence electrons. The molecule has 8 nitrogen and oxygen atoms in total. The van der Waals surface area contributed by atoms with Crippen LogP contribution in [0.1, 0.15) is 23.6 Å². The summed E-state index contributed by atoms with van der Waals surface area (Å²) < 4.78 is 19.4. The largest absolute Gasteiger partial charge is 0.420 e. The van der Waals surface area contributed by atoms with Crippen molar-refractivity contribution in [1.29, 1.82) is 0 Å². The average molecular weight is 371 g/mol. The summed E-state index contributed by atoms with van der Waals surface area (Å²) in [5, 5.41) is 13.7. The van der Waals surface area contributed by atoms with Crippen molar-refractivity contribution in [2.24, 2.45) is 0 Å². The predicted octanol–water partition coefficient (Wildman–Crippen LogP) is 2.45. The van der Waals surface area contributed by atoms with Crippen LogP contribution in [0.25, 0.3) is 11.1 Å². The number of rotatable bonds is 4. The number of aryl methyl sites for hydroxylation is 1. The summed E-state index contributed by atoms with van der Waals surface area (Å²) in [6.07, 6.45) is 1.31. The molecule has 1 N–H and O–H groups in total. The Labute approximate surface area is 151 Å². The molecule has 1 unspecified atom stereocenters. The molecule has 27 heavy (non-hydrogen) atoms. The zero-order chi connectivity index (χ0) is 19.1. The van der Waals surface area contributed by atoms with Crippen LogP contribution < -0.4 is 11.1 Å². The normalized spacial score (nSPS) is 15.7. The number of oxazole rings is 1. The van der Waals surface area contributed by atoms with Crippen molar-refractivity contribution in [3.8, 4) is 0 Å². The Morgan fingerprint density at radius 3 is 2.93 bits per heavy atom. The van der Waals surface area contributed by atoms with Gasteiger partial charge in [-0.2, -0.15) is 0 Å². The lowest BCUT2D eigenvalue weighted by Crippen LogP contribution is -2.32. The minimum Gasteiger partial charge on any atom is -0.407 e. The molecule has 1 amide bonds. The molecule has 0 fully saturated rings. The van der Waals surface area contributed by atoms with Gasteiger partial charge in [-0.1, -0.05) is 6.07 Å². The Balaban J connectivity index is 1.55. The van der Waals surface area contributed by atoms with Gasteiger partial charge in [0.2, 0.25) is 5.91 Å². The van der Waals surface area contributed by atoms with E-state index in [-0.39, 0.29) is 29.7 Å². The molecule has 0 aliphatic heterocycles. The van der Waals surface area contributed by atoms with Crippen molar-refractivity contribution in [1.82, 2.24) is 9.88 Å². The number of nitrogens with one attached hydrogen (secondary N) is 1. The fraction of sp³-hybridized carbons (Fsp3) is 0.222. The van der Waals surface area contributed by atoms with Gasteiger partial charge in [0.15, 0.2) is 5.58 Å². The van der Waals surface area contributed by atoms with E-state index in [2.05, 4.69) is 5.32 Å². The second-order valence-electron chi connectivity index (χ2n) is 6.37. The molecule has 0 radical (unpaired) electrons. The van der Waals surface area contributed by atoms with Crippen molar-refractivity contribution in [3.63, 3.8) is 0 Å². The van der Waals surface area contributed by atoms with Crippen molar-refractivity contribution in [2.45, 2.75) is 25.4 Å². The molecule has 2 aromatic carbocycles. The van der Waals surface area contributed by atoms with Crippen LogP contribution in [0.2, 0.25) is 0 Å². The fourth-order valence-electron chi connectivity index (χ4n) is 3.44. The number of hydrogen-bond acceptors (Lipinski definition) is 5. The highest BCUT2D eigenvalue weighted by Crippen LogP contribution is 2.31. The van der Waals surface area contributed by atoms with E-state index in [4.69, 9.17) is 4.42 Å². The summed E-state index contributed by atoms with van der Waals surface area (Å²) in [5.74, 6) is -1.49. The number of nitro benzene ring substituents is 1. The van der Waals surface area contributed by atoms with E-state index in [1.54, 1.807) is 6.07 Å². The minimum atomic E-state index is -0.769. The van der Waals surface area contributed by atoms with Crippen LogP contribution in [0.5, 0.6) is 0 Å².